The number of anilines is 1. The molecule has 0 aromatic heterocycles. The second-order valence-electron chi connectivity index (χ2n) is 4.69. The summed E-state index contributed by atoms with van der Waals surface area (Å²) >= 11 is 0. The zero-order chi connectivity index (χ0) is 13.8. The Morgan fingerprint density at radius 2 is 2.26 bits per heavy atom. The number of hydrogen-bond acceptors (Lipinski definition) is 4. The van der Waals surface area contributed by atoms with Gasteiger partial charge in [-0.25, -0.2) is 4.79 Å². The Hall–Kier alpha value is -2.04. The van der Waals surface area contributed by atoms with Gasteiger partial charge in [-0.05, 0) is 30.5 Å². The average molecular weight is 262 g/mol. The van der Waals surface area contributed by atoms with Crippen molar-refractivity contribution in [2.45, 2.75) is 25.3 Å². The van der Waals surface area contributed by atoms with Crippen LogP contribution in [0.4, 0.5) is 5.69 Å². The first-order valence-electron chi connectivity index (χ1n) is 6.33. The first-order valence-corrected chi connectivity index (χ1v) is 6.33. The highest BCUT2D eigenvalue weighted by Gasteiger charge is 2.34. The standard InChI is InChI=1S/C14H18N2O3/c1-19-14(18)12-6-3-7-16(12)13(17)9-10-4-2-5-11(15)8-10/h2,4-5,8,12H,3,6-7,9,15H2,1H3. The first-order chi connectivity index (χ1) is 9.11. The third-order valence-corrected chi connectivity index (χ3v) is 3.35. The van der Waals surface area contributed by atoms with E-state index in [0.717, 1.165) is 12.0 Å². The predicted molar refractivity (Wildman–Crippen MR) is 71.3 cm³/mol. The minimum atomic E-state index is -0.432. The van der Waals surface area contributed by atoms with E-state index >= 15 is 0 Å². The maximum absolute atomic E-state index is 12.2. The van der Waals surface area contributed by atoms with E-state index in [0.29, 0.717) is 18.7 Å². The maximum atomic E-state index is 12.2. The van der Waals surface area contributed by atoms with E-state index in [1.807, 2.05) is 12.1 Å². The lowest BCUT2D eigenvalue weighted by Gasteiger charge is -2.22. The van der Waals surface area contributed by atoms with Gasteiger partial charge < -0.3 is 15.4 Å². The molecule has 5 nitrogen and oxygen atoms in total. The monoisotopic (exact) mass is 262 g/mol. The SMILES string of the molecule is COC(=O)C1CCCN1C(=O)Cc1cccc(N)c1. The quantitative estimate of drug-likeness (QED) is 0.651. The average Bonchev–Trinajstić information content (AvgIpc) is 2.87. The van der Waals surface area contributed by atoms with Crippen LogP contribution >= 0.6 is 0 Å². The van der Waals surface area contributed by atoms with Gasteiger partial charge in [0.1, 0.15) is 6.04 Å². The van der Waals surface area contributed by atoms with Crippen molar-refractivity contribution in [1.82, 2.24) is 4.90 Å². The summed E-state index contributed by atoms with van der Waals surface area (Å²) in [5, 5.41) is 0. The summed E-state index contributed by atoms with van der Waals surface area (Å²) in [4.78, 5) is 25.4. The highest BCUT2D eigenvalue weighted by molar-refractivity contribution is 5.86. The van der Waals surface area contributed by atoms with Gasteiger partial charge in [-0.2, -0.15) is 0 Å². The van der Waals surface area contributed by atoms with Crippen LogP contribution in [0.3, 0.4) is 0 Å². The smallest absolute Gasteiger partial charge is 0.328 e. The van der Waals surface area contributed by atoms with Crippen molar-refractivity contribution in [1.29, 1.82) is 0 Å². The number of nitrogens with two attached hydrogens (primary N) is 1. The zero-order valence-corrected chi connectivity index (χ0v) is 11.0. The van der Waals surface area contributed by atoms with E-state index in [1.165, 1.54) is 7.11 Å². The molecule has 1 heterocycles. The van der Waals surface area contributed by atoms with Crippen LogP contribution in [0, 0.1) is 0 Å². The van der Waals surface area contributed by atoms with E-state index in [2.05, 4.69) is 0 Å². The largest absolute Gasteiger partial charge is 0.467 e. The number of ether oxygens (including phenoxy) is 1. The maximum Gasteiger partial charge on any atom is 0.328 e. The fourth-order valence-electron chi connectivity index (χ4n) is 2.43. The van der Waals surface area contributed by atoms with Gasteiger partial charge in [0.25, 0.3) is 0 Å². The first kappa shape index (κ1) is 13.4. The van der Waals surface area contributed by atoms with Crippen molar-refractivity contribution < 1.29 is 14.3 Å². The molecular weight excluding hydrogens is 244 g/mol. The number of hydrogen-bond donors (Lipinski definition) is 1. The minimum Gasteiger partial charge on any atom is -0.467 e. The summed E-state index contributed by atoms with van der Waals surface area (Å²) in [6, 6.07) is 6.80. The number of carbonyl (C=O) groups excluding carboxylic acids is 2. The van der Waals surface area contributed by atoms with E-state index in [9.17, 15) is 9.59 Å². The van der Waals surface area contributed by atoms with Crippen LogP contribution in [-0.4, -0.2) is 36.5 Å². The van der Waals surface area contributed by atoms with Gasteiger partial charge in [-0.1, -0.05) is 12.1 Å². The molecule has 1 aromatic carbocycles. The lowest BCUT2D eigenvalue weighted by atomic mass is 10.1. The number of esters is 1. The molecule has 5 heteroatoms. The molecule has 1 fully saturated rings. The second kappa shape index (κ2) is 5.73. The molecule has 1 unspecified atom stereocenters. The van der Waals surface area contributed by atoms with E-state index < -0.39 is 6.04 Å². The van der Waals surface area contributed by atoms with Crippen LogP contribution in [0.25, 0.3) is 0 Å². The highest BCUT2D eigenvalue weighted by atomic mass is 16.5. The number of nitrogen functional groups attached to an aromatic ring is 1. The molecule has 0 spiro atoms. The zero-order valence-electron chi connectivity index (χ0n) is 11.0. The summed E-state index contributed by atoms with van der Waals surface area (Å²) < 4.78 is 4.73. The summed E-state index contributed by atoms with van der Waals surface area (Å²) in [5.41, 5.74) is 7.18. The number of amides is 1. The number of likely N-dealkylation sites (tertiary alicyclic amines) is 1. The normalized spacial score (nSPS) is 18.4. The van der Waals surface area contributed by atoms with E-state index in [-0.39, 0.29) is 18.3 Å². The lowest BCUT2D eigenvalue weighted by Crippen LogP contribution is -2.41. The van der Waals surface area contributed by atoms with Crippen molar-refractivity contribution in [3.05, 3.63) is 29.8 Å². The Bertz CT molecular complexity index is 487. The molecule has 0 radical (unpaired) electrons. The summed E-state index contributed by atoms with van der Waals surface area (Å²) in [7, 11) is 1.35. The molecular formula is C14H18N2O3. The fraction of sp³-hybridized carbons (Fsp3) is 0.429. The van der Waals surface area contributed by atoms with Crippen LogP contribution in [0.1, 0.15) is 18.4 Å². The van der Waals surface area contributed by atoms with Gasteiger partial charge in [0.05, 0.1) is 13.5 Å². The Morgan fingerprint density at radius 1 is 1.47 bits per heavy atom. The van der Waals surface area contributed by atoms with Crippen LogP contribution in [0.5, 0.6) is 0 Å². The molecule has 1 aliphatic rings. The molecule has 102 valence electrons. The van der Waals surface area contributed by atoms with Gasteiger partial charge in [-0.3, -0.25) is 4.79 Å². The predicted octanol–water partition coefficient (Wildman–Crippen LogP) is 0.975. The third-order valence-electron chi connectivity index (χ3n) is 3.35. The fourth-order valence-corrected chi connectivity index (χ4v) is 2.43. The van der Waals surface area contributed by atoms with Gasteiger partial charge in [-0.15, -0.1) is 0 Å². The highest BCUT2D eigenvalue weighted by Crippen LogP contribution is 2.20. The molecule has 1 aromatic rings. The molecule has 0 bridgehead atoms. The summed E-state index contributed by atoms with van der Waals surface area (Å²) in [5.74, 6) is -0.392. The molecule has 1 saturated heterocycles. The Labute approximate surface area is 112 Å². The van der Waals surface area contributed by atoms with Crippen molar-refractivity contribution in [3.63, 3.8) is 0 Å². The summed E-state index contributed by atoms with van der Waals surface area (Å²) in [6.45, 7) is 0.612. The van der Waals surface area contributed by atoms with Crippen LogP contribution in [-0.2, 0) is 20.7 Å². The van der Waals surface area contributed by atoms with Crippen LogP contribution in [0.15, 0.2) is 24.3 Å². The molecule has 1 amide bonds. The number of nitrogens with zero attached hydrogens (tertiary/aromatic N) is 1. The molecule has 0 aliphatic carbocycles. The van der Waals surface area contributed by atoms with Gasteiger partial charge in [0.15, 0.2) is 0 Å². The van der Waals surface area contributed by atoms with Crippen molar-refractivity contribution in [3.8, 4) is 0 Å². The molecule has 2 N–H and O–H groups in total. The van der Waals surface area contributed by atoms with Crippen molar-refractivity contribution in [2.24, 2.45) is 0 Å². The number of benzene rings is 1. The molecule has 19 heavy (non-hydrogen) atoms. The summed E-state index contributed by atoms with van der Waals surface area (Å²) in [6.07, 6.45) is 1.77. The molecule has 1 atom stereocenters. The lowest BCUT2D eigenvalue weighted by molar-refractivity contribution is -0.150. The molecule has 2 rings (SSSR count). The van der Waals surface area contributed by atoms with E-state index in [4.69, 9.17) is 10.5 Å². The van der Waals surface area contributed by atoms with Crippen LogP contribution in [0.2, 0.25) is 0 Å². The van der Waals surface area contributed by atoms with Crippen molar-refractivity contribution >= 4 is 17.6 Å². The van der Waals surface area contributed by atoms with Gasteiger partial charge in [0, 0.05) is 12.2 Å². The minimum absolute atomic E-state index is 0.0569. The van der Waals surface area contributed by atoms with Crippen LogP contribution < -0.4 is 5.73 Å². The van der Waals surface area contributed by atoms with Gasteiger partial charge >= 0.3 is 5.97 Å². The Morgan fingerprint density at radius 3 is 2.95 bits per heavy atom. The van der Waals surface area contributed by atoms with Gasteiger partial charge in [0.2, 0.25) is 5.91 Å². The third kappa shape index (κ3) is 3.05. The Balaban J connectivity index is 2.05. The second-order valence-corrected chi connectivity index (χ2v) is 4.69. The topological polar surface area (TPSA) is 72.6 Å². The molecule has 0 saturated carbocycles. The number of carbonyl (C=O) groups is 2. The Kier molecular flexibility index (Phi) is 4.04. The van der Waals surface area contributed by atoms with E-state index in [1.54, 1.807) is 17.0 Å². The van der Waals surface area contributed by atoms with Crippen molar-refractivity contribution in [2.75, 3.05) is 19.4 Å². The molecule has 1 aliphatic heterocycles. The number of methoxy groups -OCH3 is 1. The number of rotatable bonds is 3.